The lowest BCUT2D eigenvalue weighted by Gasteiger charge is -2.24. The van der Waals surface area contributed by atoms with Crippen molar-refractivity contribution in [1.82, 2.24) is 5.16 Å². The molecule has 7 nitrogen and oxygen atoms in total. The quantitative estimate of drug-likeness (QED) is 0.842. The summed E-state index contributed by atoms with van der Waals surface area (Å²) >= 11 is 6.06. The van der Waals surface area contributed by atoms with E-state index in [1.807, 2.05) is 0 Å². The van der Waals surface area contributed by atoms with E-state index in [1.165, 1.54) is 4.31 Å². The number of rotatable bonds is 6. The highest BCUT2D eigenvalue weighted by molar-refractivity contribution is 7.92. The second kappa shape index (κ2) is 7.23. The van der Waals surface area contributed by atoms with Crippen LogP contribution in [0.4, 0.5) is 11.5 Å². The average molecular weight is 372 g/mol. The zero-order valence-electron chi connectivity index (χ0n) is 13.5. The van der Waals surface area contributed by atoms with E-state index in [0.717, 1.165) is 6.26 Å². The van der Waals surface area contributed by atoms with Gasteiger partial charge in [-0.2, -0.15) is 0 Å². The molecule has 130 valence electrons. The molecule has 0 bridgehead atoms. The average Bonchev–Trinajstić information content (AvgIpc) is 2.87. The van der Waals surface area contributed by atoms with E-state index < -0.39 is 10.0 Å². The summed E-state index contributed by atoms with van der Waals surface area (Å²) in [5.74, 6) is 0.497. The molecule has 1 amide bonds. The van der Waals surface area contributed by atoms with E-state index in [1.54, 1.807) is 38.1 Å². The number of anilines is 2. The standard InChI is InChI=1S/C15H18ClN3O4S/c1-10-9-14(18-23-10)17-15(20)7-8-19(24(3,21)22)13-6-4-5-12(16)11(13)2/h4-6,9H,7-8H2,1-3H3,(H,17,18,20). The van der Waals surface area contributed by atoms with E-state index in [2.05, 4.69) is 10.5 Å². The normalized spacial score (nSPS) is 11.3. The third-order valence-electron chi connectivity index (χ3n) is 3.35. The number of nitrogens with one attached hydrogen (secondary N) is 1. The van der Waals surface area contributed by atoms with Gasteiger partial charge in [0.1, 0.15) is 5.76 Å². The molecular weight excluding hydrogens is 354 g/mol. The first-order valence-electron chi connectivity index (χ1n) is 7.14. The van der Waals surface area contributed by atoms with Crippen LogP contribution in [-0.4, -0.2) is 32.3 Å². The van der Waals surface area contributed by atoms with Crippen molar-refractivity contribution in [2.45, 2.75) is 20.3 Å². The van der Waals surface area contributed by atoms with Crippen LogP contribution in [0.3, 0.4) is 0 Å². The number of sulfonamides is 1. The van der Waals surface area contributed by atoms with Crippen LogP contribution in [0, 0.1) is 13.8 Å². The van der Waals surface area contributed by atoms with Gasteiger partial charge >= 0.3 is 0 Å². The molecule has 0 aliphatic heterocycles. The maximum Gasteiger partial charge on any atom is 0.232 e. The van der Waals surface area contributed by atoms with E-state index in [4.69, 9.17) is 16.1 Å². The number of aryl methyl sites for hydroxylation is 1. The molecule has 0 aliphatic carbocycles. The minimum atomic E-state index is -3.56. The van der Waals surface area contributed by atoms with Crippen LogP contribution in [-0.2, 0) is 14.8 Å². The van der Waals surface area contributed by atoms with Gasteiger partial charge in [-0.3, -0.25) is 9.10 Å². The first-order chi connectivity index (χ1) is 11.2. The van der Waals surface area contributed by atoms with Crippen molar-refractivity contribution >= 4 is 39.0 Å². The van der Waals surface area contributed by atoms with Gasteiger partial charge in [-0.1, -0.05) is 22.8 Å². The van der Waals surface area contributed by atoms with Crippen molar-refractivity contribution in [1.29, 1.82) is 0 Å². The molecule has 0 atom stereocenters. The molecule has 0 saturated carbocycles. The van der Waals surface area contributed by atoms with Crippen molar-refractivity contribution in [3.63, 3.8) is 0 Å². The molecule has 0 saturated heterocycles. The number of amides is 1. The summed E-state index contributed by atoms with van der Waals surface area (Å²) in [5.41, 5.74) is 1.09. The molecule has 2 rings (SSSR count). The van der Waals surface area contributed by atoms with Gasteiger partial charge in [0.05, 0.1) is 11.9 Å². The van der Waals surface area contributed by atoms with Crippen molar-refractivity contribution in [2.24, 2.45) is 0 Å². The second-order valence-electron chi connectivity index (χ2n) is 5.34. The molecule has 1 aromatic carbocycles. The smallest absolute Gasteiger partial charge is 0.232 e. The summed E-state index contributed by atoms with van der Waals surface area (Å²) in [6.45, 7) is 3.42. The lowest BCUT2D eigenvalue weighted by atomic mass is 10.2. The van der Waals surface area contributed by atoms with E-state index in [-0.39, 0.29) is 18.9 Å². The largest absolute Gasteiger partial charge is 0.360 e. The van der Waals surface area contributed by atoms with Crippen LogP contribution < -0.4 is 9.62 Å². The summed E-state index contributed by atoms with van der Waals surface area (Å²) in [6, 6.07) is 6.58. The number of carbonyl (C=O) groups excluding carboxylic acids is 1. The van der Waals surface area contributed by atoms with E-state index in [0.29, 0.717) is 27.9 Å². The maximum atomic E-state index is 12.1. The fourth-order valence-electron chi connectivity index (χ4n) is 2.16. The molecule has 0 radical (unpaired) electrons. The van der Waals surface area contributed by atoms with Gasteiger partial charge in [0.2, 0.25) is 15.9 Å². The molecule has 0 spiro atoms. The Hall–Kier alpha value is -2.06. The lowest BCUT2D eigenvalue weighted by Crippen LogP contribution is -2.33. The minimum Gasteiger partial charge on any atom is -0.360 e. The van der Waals surface area contributed by atoms with Gasteiger partial charge in [-0.25, -0.2) is 8.42 Å². The number of benzene rings is 1. The van der Waals surface area contributed by atoms with Gasteiger partial charge in [-0.05, 0) is 31.5 Å². The monoisotopic (exact) mass is 371 g/mol. The maximum absolute atomic E-state index is 12.1. The summed E-state index contributed by atoms with van der Waals surface area (Å²) < 4.78 is 30.2. The number of hydrogen-bond donors (Lipinski definition) is 1. The van der Waals surface area contributed by atoms with Crippen molar-refractivity contribution in [3.05, 3.63) is 40.6 Å². The van der Waals surface area contributed by atoms with Crippen molar-refractivity contribution in [2.75, 3.05) is 22.4 Å². The summed E-state index contributed by atoms with van der Waals surface area (Å²) in [6.07, 6.45) is 1.05. The van der Waals surface area contributed by atoms with Crippen LogP contribution in [0.2, 0.25) is 5.02 Å². The van der Waals surface area contributed by atoms with Crippen LogP contribution in [0.15, 0.2) is 28.8 Å². The molecule has 1 aromatic heterocycles. The Morgan fingerprint density at radius 2 is 2.08 bits per heavy atom. The molecule has 0 fully saturated rings. The molecule has 1 N–H and O–H groups in total. The minimum absolute atomic E-state index is 0.0112. The third kappa shape index (κ3) is 4.48. The Kier molecular flexibility index (Phi) is 5.51. The number of carbonyl (C=O) groups is 1. The van der Waals surface area contributed by atoms with Crippen molar-refractivity contribution in [3.8, 4) is 0 Å². The van der Waals surface area contributed by atoms with Gasteiger partial charge in [0, 0.05) is 24.1 Å². The first kappa shape index (κ1) is 18.3. The highest BCUT2D eigenvalue weighted by Crippen LogP contribution is 2.28. The Bertz CT molecular complexity index is 848. The Morgan fingerprint density at radius 1 is 1.38 bits per heavy atom. The van der Waals surface area contributed by atoms with Gasteiger partial charge < -0.3 is 9.84 Å². The topological polar surface area (TPSA) is 92.5 Å². The van der Waals surface area contributed by atoms with E-state index in [9.17, 15) is 13.2 Å². The Labute approximate surface area is 145 Å². The highest BCUT2D eigenvalue weighted by Gasteiger charge is 2.21. The summed E-state index contributed by atoms with van der Waals surface area (Å²) in [4.78, 5) is 12.0. The lowest BCUT2D eigenvalue weighted by molar-refractivity contribution is -0.116. The van der Waals surface area contributed by atoms with Crippen LogP contribution in [0.5, 0.6) is 0 Å². The summed E-state index contributed by atoms with van der Waals surface area (Å²) in [7, 11) is -3.56. The second-order valence-corrected chi connectivity index (χ2v) is 7.65. The van der Waals surface area contributed by atoms with Crippen molar-refractivity contribution < 1.29 is 17.7 Å². The number of nitrogens with zero attached hydrogens (tertiary/aromatic N) is 2. The molecule has 9 heteroatoms. The SMILES string of the molecule is Cc1cc(NC(=O)CCN(c2cccc(Cl)c2C)S(C)(=O)=O)no1. The molecule has 2 aromatic rings. The van der Waals surface area contributed by atoms with Gasteiger partial charge in [-0.15, -0.1) is 0 Å². The molecular formula is C15H18ClN3O4S. The highest BCUT2D eigenvalue weighted by atomic mass is 35.5. The van der Waals surface area contributed by atoms with Crippen LogP contribution in [0.1, 0.15) is 17.7 Å². The first-order valence-corrected chi connectivity index (χ1v) is 9.37. The molecule has 24 heavy (non-hydrogen) atoms. The molecule has 0 aliphatic rings. The fourth-order valence-corrected chi connectivity index (χ4v) is 3.31. The fraction of sp³-hybridized carbons (Fsp3) is 0.333. The van der Waals surface area contributed by atoms with Crippen LogP contribution >= 0.6 is 11.6 Å². The van der Waals surface area contributed by atoms with E-state index >= 15 is 0 Å². The molecule has 1 heterocycles. The summed E-state index contributed by atoms with van der Waals surface area (Å²) in [5, 5.41) is 6.68. The Morgan fingerprint density at radius 3 is 2.67 bits per heavy atom. The number of halogens is 1. The third-order valence-corrected chi connectivity index (χ3v) is 4.93. The van der Waals surface area contributed by atoms with Gasteiger partial charge in [0.15, 0.2) is 5.82 Å². The Balaban J connectivity index is 2.13. The zero-order valence-corrected chi connectivity index (χ0v) is 15.1. The van der Waals surface area contributed by atoms with Gasteiger partial charge in [0.25, 0.3) is 0 Å². The zero-order chi connectivity index (χ0) is 17.9. The van der Waals surface area contributed by atoms with Crippen LogP contribution in [0.25, 0.3) is 0 Å². The predicted molar refractivity (Wildman–Crippen MR) is 92.9 cm³/mol. The number of hydrogen-bond acceptors (Lipinski definition) is 5. The number of aromatic nitrogens is 1. The predicted octanol–water partition coefficient (Wildman–Crippen LogP) is 2.74. The molecule has 0 unspecified atom stereocenters.